The van der Waals surface area contributed by atoms with E-state index in [1.165, 1.54) is 0 Å². The zero-order chi connectivity index (χ0) is 11.9. The van der Waals surface area contributed by atoms with Gasteiger partial charge >= 0.3 is 0 Å². The lowest BCUT2D eigenvalue weighted by atomic mass is 10.1. The quantitative estimate of drug-likeness (QED) is 0.822. The van der Waals surface area contributed by atoms with E-state index in [2.05, 4.69) is 9.97 Å². The first-order valence-corrected chi connectivity index (χ1v) is 5.11. The van der Waals surface area contributed by atoms with Crippen molar-refractivity contribution in [2.24, 2.45) is 5.73 Å². The van der Waals surface area contributed by atoms with Crippen molar-refractivity contribution in [3.63, 3.8) is 0 Å². The molecule has 0 aliphatic heterocycles. The number of hydrogen-bond donors (Lipinski definition) is 1. The van der Waals surface area contributed by atoms with Gasteiger partial charge in [-0.3, -0.25) is 4.79 Å². The van der Waals surface area contributed by atoms with Crippen molar-refractivity contribution in [1.29, 1.82) is 0 Å². The monoisotopic (exact) mass is 235 g/mol. The summed E-state index contributed by atoms with van der Waals surface area (Å²) in [6.45, 7) is 3.73. The Bertz CT molecular complexity index is 595. The number of fused-ring (bicyclic) bond motifs is 1. The number of benzene rings is 1. The minimum absolute atomic E-state index is 0.270. The van der Waals surface area contributed by atoms with E-state index < -0.39 is 5.91 Å². The van der Waals surface area contributed by atoms with Crippen molar-refractivity contribution in [2.45, 2.75) is 13.8 Å². The molecule has 0 spiro atoms. The highest BCUT2D eigenvalue weighted by molar-refractivity contribution is 6.34. The number of hydrogen-bond acceptors (Lipinski definition) is 3. The predicted octanol–water partition coefficient (Wildman–Crippen LogP) is 2.00. The summed E-state index contributed by atoms with van der Waals surface area (Å²) in [6, 6.07) is 3.18. The van der Waals surface area contributed by atoms with Gasteiger partial charge in [0.05, 0.1) is 33.0 Å². The number of aromatic nitrogens is 2. The van der Waals surface area contributed by atoms with Crippen molar-refractivity contribution in [2.75, 3.05) is 0 Å². The van der Waals surface area contributed by atoms with Crippen molar-refractivity contribution >= 4 is 28.5 Å². The average molecular weight is 236 g/mol. The second-order valence-electron chi connectivity index (χ2n) is 3.58. The number of carbonyl (C=O) groups is 1. The number of carbonyl (C=O) groups excluding carboxylic acids is 1. The van der Waals surface area contributed by atoms with Crippen LogP contribution in [0.1, 0.15) is 21.7 Å². The molecule has 5 heteroatoms. The maximum atomic E-state index is 11.1. The zero-order valence-corrected chi connectivity index (χ0v) is 9.67. The number of amides is 1. The standard InChI is InChI=1S/C11H10ClN3O/c1-5-6(2)15-10-4-8(12)7(11(13)16)3-9(10)14-5/h3-4H,1-2H3,(H2,13,16). The molecule has 0 saturated carbocycles. The molecule has 0 atom stereocenters. The third kappa shape index (κ3) is 1.72. The van der Waals surface area contributed by atoms with Crippen LogP contribution in [0, 0.1) is 13.8 Å². The summed E-state index contributed by atoms with van der Waals surface area (Å²) in [5, 5.41) is 0.303. The van der Waals surface area contributed by atoms with E-state index in [1.807, 2.05) is 13.8 Å². The van der Waals surface area contributed by atoms with Crippen molar-refractivity contribution in [1.82, 2.24) is 9.97 Å². The van der Waals surface area contributed by atoms with Crippen molar-refractivity contribution in [3.05, 3.63) is 34.1 Å². The first-order valence-electron chi connectivity index (χ1n) is 4.73. The molecular weight excluding hydrogens is 226 g/mol. The Kier molecular flexibility index (Phi) is 2.52. The maximum absolute atomic E-state index is 11.1. The van der Waals surface area contributed by atoms with Crippen LogP contribution < -0.4 is 5.73 Å². The minimum atomic E-state index is -0.563. The normalized spacial score (nSPS) is 10.7. The summed E-state index contributed by atoms with van der Waals surface area (Å²) in [4.78, 5) is 19.8. The Balaban J connectivity index is 2.79. The molecule has 0 bridgehead atoms. The molecule has 0 aliphatic carbocycles. The van der Waals surface area contributed by atoms with Crippen molar-refractivity contribution < 1.29 is 4.79 Å². The summed E-state index contributed by atoms with van der Waals surface area (Å²) in [7, 11) is 0. The molecule has 0 unspecified atom stereocenters. The van der Waals surface area contributed by atoms with Gasteiger partial charge in [0.15, 0.2) is 0 Å². The van der Waals surface area contributed by atoms with Gasteiger partial charge in [-0.05, 0) is 26.0 Å². The van der Waals surface area contributed by atoms with E-state index in [0.29, 0.717) is 16.1 Å². The van der Waals surface area contributed by atoms with Crippen LogP contribution in [-0.2, 0) is 0 Å². The number of rotatable bonds is 1. The summed E-state index contributed by atoms with van der Waals surface area (Å²) in [6.07, 6.45) is 0. The predicted molar refractivity (Wildman–Crippen MR) is 62.5 cm³/mol. The van der Waals surface area contributed by atoms with Crippen LogP contribution >= 0.6 is 11.6 Å². The molecule has 0 aliphatic rings. The third-order valence-electron chi connectivity index (χ3n) is 2.43. The van der Waals surface area contributed by atoms with Gasteiger partial charge < -0.3 is 5.73 Å². The van der Waals surface area contributed by atoms with E-state index in [9.17, 15) is 4.79 Å². The highest BCUT2D eigenvalue weighted by atomic mass is 35.5. The van der Waals surface area contributed by atoms with Crippen LogP contribution in [0.15, 0.2) is 12.1 Å². The molecule has 0 radical (unpaired) electrons. The molecule has 2 aromatic rings. The summed E-state index contributed by atoms with van der Waals surface area (Å²) in [5.74, 6) is -0.563. The molecule has 82 valence electrons. The van der Waals surface area contributed by atoms with Gasteiger partial charge in [0.1, 0.15) is 0 Å². The first kappa shape index (κ1) is 10.8. The fraction of sp³-hybridized carbons (Fsp3) is 0.182. The number of primary amides is 1. The van der Waals surface area contributed by atoms with Crippen LogP contribution in [0.3, 0.4) is 0 Å². The molecular formula is C11H10ClN3O. The van der Waals surface area contributed by atoms with Crippen molar-refractivity contribution in [3.8, 4) is 0 Å². The fourth-order valence-electron chi connectivity index (χ4n) is 1.44. The second kappa shape index (κ2) is 3.72. The lowest BCUT2D eigenvalue weighted by molar-refractivity contribution is 0.100. The SMILES string of the molecule is Cc1nc2cc(Cl)c(C(N)=O)cc2nc1C. The van der Waals surface area contributed by atoms with Gasteiger partial charge in [0, 0.05) is 0 Å². The number of nitrogens with two attached hydrogens (primary N) is 1. The summed E-state index contributed by atoms with van der Waals surface area (Å²) >= 11 is 5.92. The number of halogens is 1. The Morgan fingerprint density at radius 3 is 2.19 bits per heavy atom. The van der Waals surface area contributed by atoms with Crippen LogP contribution in [0.25, 0.3) is 11.0 Å². The van der Waals surface area contributed by atoms with Crippen LogP contribution in [0.4, 0.5) is 0 Å². The van der Waals surface area contributed by atoms with Gasteiger partial charge in [-0.15, -0.1) is 0 Å². The Morgan fingerprint density at radius 2 is 1.69 bits per heavy atom. The molecule has 1 amide bonds. The van der Waals surface area contributed by atoms with Gasteiger partial charge in [-0.2, -0.15) is 0 Å². The van der Waals surface area contributed by atoms with Gasteiger partial charge in [-0.1, -0.05) is 11.6 Å². The smallest absolute Gasteiger partial charge is 0.250 e. The largest absolute Gasteiger partial charge is 0.366 e. The molecule has 1 aromatic heterocycles. The molecule has 16 heavy (non-hydrogen) atoms. The lowest BCUT2D eigenvalue weighted by Crippen LogP contribution is -2.11. The van der Waals surface area contributed by atoms with E-state index >= 15 is 0 Å². The van der Waals surface area contributed by atoms with E-state index in [4.69, 9.17) is 17.3 Å². The number of aryl methyl sites for hydroxylation is 2. The highest BCUT2D eigenvalue weighted by Crippen LogP contribution is 2.22. The first-order chi connectivity index (χ1) is 7.49. The molecule has 2 rings (SSSR count). The average Bonchev–Trinajstić information content (AvgIpc) is 2.19. The van der Waals surface area contributed by atoms with Gasteiger partial charge in [0.25, 0.3) is 0 Å². The van der Waals surface area contributed by atoms with Crippen LogP contribution in [0.2, 0.25) is 5.02 Å². The minimum Gasteiger partial charge on any atom is -0.366 e. The van der Waals surface area contributed by atoms with Crippen LogP contribution in [0.5, 0.6) is 0 Å². The molecule has 4 nitrogen and oxygen atoms in total. The highest BCUT2D eigenvalue weighted by Gasteiger charge is 2.10. The summed E-state index contributed by atoms with van der Waals surface area (Å²) < 4.78 is 0. The topological polar surface area (TPSA) is 68.9 Å². The molecule has 0 saturated heterocycles. The zero-order valence-electron chi connectivity index (χ0n) is 8.91. The second-order valence-corrected chi connectivity index (χ2v) is 3.99. The molecule has 1 aromatic carbocycles. The Hall–Kier alpha value is -1.68. The third-order valence-corrected chi connectivity index (χ3v) is 2.74. The summed E-state index contributed by atoms with van der Waals surface area (Å²) in [5.41, 5.74) is 8.43. The number of nitrogens with zero attached hydrogens (tertiary/aromatic N) is 2. The lowest BCUT2D eigenvalue weighted by Gasteiger charge is -2.05. The maximum Gasteiger partial charge on any atom is 0.250 e. The van der Waals surface area contributed by atoms with Gasteiger partial charge in [0.2, 0.25) is 5.91 Å². The van der Waals surface area contributed by atoms with Gasteiger partial charge in [-0.25, -0.2) is 9.97 Å². The Morgan fingerprint density at radius 1 is 1.19 bits per heavy atom. The van der Waals surface area contributed by atoms with E-state index in [1.54, 1.807) is 12.1 Å². The molecule has 2 N–H and O–H groups in total. The fourth-order valence-corrected chi connectivity index (χ4v) is 1.69. The van der Waals surface area contributed by atoms with E-state index in [-0.39, 0.29) is 5.56 Å². The van der Waals surface area contributed by atoms with E-state index in [0.717, 1.165) is 11.4 Å². The molecule has 0 fully saturated rings. The van der Waals surface area contributed by atoms with Crippen LogP contribution in [-0.4, -0.2) is 15.9 Å². The Labute approximate surface area is 97.5 Å². The molecule has 1 heterocycles.